The summed E-state index contributed by atoms with van der Waals surface area (Å²) in [5.41, 5.74) is -0.565. The first kappa shape index (κ1) is 27.5. The second kappa shape index (κ2) is 16.3. The van der Waals surface area contributed by atoms with Crippen LogP contribution in [0.25, 0.3) is 0 Å². The normalized spacial score (nSPS) is 17.1. The lowest BCUT2D eigenvalue weighted by Gasteiger charge is -2.45. The first-order valence-corrected chi connectivity index (χ1v) is 12.6. The van der Waals surface area contributed by atoms with Crippen molar-refractivity contribution in [3.8, 4) is 0 Å². The van der Waals surface area contributed by atoms with Gasteiger partial charge in [-0.1, -0.05) is 119 Å². The van der Waals surface area contributed by atoms with E-state index in [4.69, 9.17) is 0 Å². The van der Waals surface area contributed by atoms with E-state index in [9.17, 15) is 9.90 Å². The van der Waals surface area contributed by atoms with Crippen LogP contribution < -0.4 is 0 Å². The lowest BCUT2D eigenvalue weighted by molar-refractivity contribution is -0.163. The Hall–Kier alpha value is -0.530. The molecule has 0 amide bonds. The fraction of sp³-hybridized carbons (Fsp3) is 0.962. The molecule has 2 heteroatoms. The molecule has 0 heterocycles. The minimum atomic E-state index is -0.565. The molecule has 0 aromatic heterocycles. The third kappa shape index (κ3) is 8.87. The Morgan fingerprint density at radius 2 is 0.893 bits per heavy atom. The minimum Gasteiger partial charge on any atom is -0.481 e. The van der Waals surface area contributed by atoms with Gasteiger partial charge in [0.1, 0.15) is 0 Å². The summed E-state index contributed by atoms with van der Waals surface area (Å²) in [4.78, 5) is 12.8. The molecule has 0 rings (SSSR count). The zero-order valence-electron chi connectivity index (χ0n) is 20.2. The summed E-state index contributed by atoms with van der Waals surface area (Å²) in [5.74, 6) is 0.235. The summed E-state index contributed by atoms with van der Waals surface area (Å²) in [6.07, 6.45) is 18.0. The van der Waals surface area contributed by atoms with Crippen molar-refractivity contribution in [2.24, 2.45) is 23.2 Å². The lowest BCUT2D eigenvalue weighted by Crippen LogP contribution is -2.48. The molecule has 0 fully saturated rings. The number of carboxylic acids is 1. The predicted molar refractivity (Wildman–Crippen MR) is 124 cm³/mol. The number of hydrogen-bond acceptors (Lipinski definition) is 1. The Morgan fingerprint density at radius 1 is 0.607 bits per heavy atom. The highest BCUT2D eigenvalue weighted by atomic mass is 16.4. The topological polar surface area (TPSA) is 37.3 Å². The molecule has 0 aliphatic heterocycles. The third-order valence-electron chi connectivity index (χ3n) is 7.29. The van der Waals surface area contributed by atoms with E-state index in [2.05, 4.69) is 41.5 Å². The first-order chi connectivity index (χ1) is 13.4. The number of carbonyl (C=O) groups is 1. The molecule has 0 bridgehead atoms. The molecular weight excluding hydrogens is 344 g/mol. The smallest absolute Gasteiger partial charge is 0.310 e. The van der Waals surface area contributed by atoms with E-state index in [1.54, 1.807) is 0 Å². The molecule has 0 saturated carbocycles. The SMILES string of the molecule is CCCCCCC(C)C(C(=O)O)(C(C)CCCCCC)C(C)CCCCCC. The summed E-state index contributed by atoms with van der Waals surface area (Å²) >= 11 is 0. The number of carboxylic acid groups (broad SMARTS) is 1. The molecule has 1 N–H and O–H groups in total. The van der Waals surface area contributed by atoms with E-state index in [0.29, 0.717) is 0 Å². The molecule has 28 heavy (non-hydrogen) atoms. The Labute approximate surface area is 177 Å². The molecule has 168 valence electrons. The van der Waals surface area contributed by atoms with E-state index in [1.807, 2.05) is 0 Å². The molecule has 0 saturated heterocycles. The van der Waals surface area contributed by atoms with Crippen LogP contribution in [0.1, 0.15) is 138 Å². The van der Waals surface area contributed by atoms with Crippen LogP contribution in [0.2, 0.25) is 0 Å². The van der Waals surface area contributed by atoms with Crippen molar-refractivity contribution < 1.29 is 9.90 Å². The van der Waals surface area contributed by atoms with E-state index < -0.39 is 11.4 Å². The van der Waals surface area contributed by atoms with Crippen LogP contribution in [-0.4, -0.2) is 11.1 Å². The van der Waals surface area contributed by atoms with Crippen molar-refractivity contribution >= 4 is 5.97 Å². The van der Waals surface area contributed by atoms with Gasteiger partial charge in [0.2, 0.25) is 0 Å². The van der Waals surface area contributed by atoms with Crippen molar-refractivity contribution in [1.29, 1.82) is 0 Å². The fourth-order valence-electron chi connectivity index (χ4n) is 5.44. The summed E-state index contributed by atoms with van der Waals surface area (Å²) in [6, 6.07) is 0. The quantitative estimate of drug-likeness (QED) is 0.221. The van der Waals surface area contributed by atoms with Gasteiger partial charge in [-0.3, -0.25) is 4.79 Å². The molecule has 0 radical (unpaired) electrons. The second-order valence-electron chi connectivity index (χ2n) is 9.49. The van der Waals surface area contributed by atoms with Crippen LogP contribution in [0, 0.1) is 23.2 Å². The van der Waals surface area contributed by atoms with Gasteiger partial charge in [-0.15, -0.1) is 0 Å². The standard InChI is InChI=1S/C26H52O2/c1-7-10-13-16-19-22(4)26(25(27)28,23(5)20-17-14-11-8-2)24(6)21-18-15-12-9-3/h22-24H,7-21H2,1-6H3,(H,27,28). The number of hydrogen-bond donors (Lipinski definition) is 1. The molecule has 0 aliphatic rings. The fourth-order valence-corrected chi connectivity index (χ4v) is 5.44. The van der Waals surface area contributed by atoms with Crippen molar-refractivity contribution in [2.45, 2.75) is 138 Å². The van der Waals surface area contributed by atoms with Crippen molar-refractivity contribution in [1.82, 2.24) is 0 Å². The summed E-state index contributed by atoms with van der Waals surface area (Å²) in [7, 11) is 0. The molecule has 0 aromatic rings. The van der Waals surface area contributed by atoms with Crippen molar-refractivity contribution in [2.75, 3.05) is 0 Å². The molecule has 0 aromatic carbocycles. The van der Waals surface area contributed by atoms with Gasteiger partial charge < -0.3 is 5.11 Å². The average Bonchev–Trinajstić information content (AvgIpc) is 2.66. The molecular formula is C26H52O2. The maximum Gasteiger partial charge on any atom is 0.310 e. The third-order valence-corrected chi connectivity index (χ3v) is 7.29. The van der Waals surface area contributed by atoms with Gasteiger partial charge in [0.05, 0.1) is 5.41 Å². The van der Waals surface area contributed by atoms with Crippen LogP contribution >= 0.6 is 0 Å². The Balaban J connectivity index is 5.30. The maximum absolute atomic E-state index is 12.8. The first-order valence-electron chi connectivity index (χ1n) is 12.6. The highest BCUT2D eigenvalue weighted by Gasteiger charge is 2.51. The van der Waals surface area contributed by atoms with E-state index in [1.165, 1.54) is 77.0 Å². The van der Waals surface area contributed by atoms with Gasteiger partial charge in [-0.2, -0.15) is 0 Å². The van der Waals surface area contributed by atoms with Crippen molar-refractivity contribution in [3.63, 3.8) is 0 Å². The molecule has 3 atom stereocenters. The highest BCUT2D eigenvalue weighted by molar-refractivity contribution is 5.76. The zero-order valence-corrected chi connectivity index (χ0v) is 20.2. The highest BCUT2D eigenvalue weighted by Crippen LogP contribution is 2.49. The monoisotopic (exact) mass is 396 g/mol. The zero-order chi connectivity index (χ0) is 21.4. The van der Waals surface area contributed by atoms with Crippen LogP contribution in [0.4, 0.5) is 0 Å². The minimum absolute atomic E-state index is 0.254. The molecule has 2 nitrogen and oxygen atoms in total. The van der Waals surface area contributed by atoms with E-state index in [-0.39, 0.29) is 17.8 Å². The van der Waals surface area contributed by atoms with Crippen LogP contribution in [0.5, 0.6) is 0 Å². The maximum atomic E-state index is 12.8. The summed E-state index contributed by atoms with van der Waals surface area (Å²) in [6.45, 7) is 13.4. The van der Waals surface area contributed by atoms with Crippen molar-refractivity contribution in [3.05, 3.63) is 0 Å². The molecule has 0 aliphatic carbocycles. The van der Waals surface area contributed by atoms with E-state index >= 15 is 0 Å². The Morgan fingerprint density at radius 3 is 1.11 bits per heavy atom. The molecule has 0 spiro atoms. The number of aliphatic carboxylic acids is 1. The Kier molecular flexibility index (Phi) is 16.0. The van der Waals surface area contributed by atoms with E-state index in [0.717, 1.165) is 19.3 Å². The number of unbranched alkanes of at least 4 members (excludes halogenated alkanes) is 9. The molecule has 3 unspecified atom stereocenters. The summed E-state index contributed by atoms with van der Waals surface area (Å²) in [5, 5.41) is 10.5. The van der Waals surface area contributed by atoms with Gasteiger partial charge in [-0.25, -0.2) is 0 Å². The Bertz CT molecular complexity index is 331. The van der Waals surface area contributed by atoms with Gasteiger partial charge in [0, 0.05) is 0 Å². The predicted octanol–water partition coefficient (Wildman–Crippen LogP) is 8.88. The summed E-state index contributed by atoms with van der Waals surface area (Å²) < 4.78 is 0. The van der Waals surface area contributed by atoms with Gasteiger partial charge >= 0.3 is 5.97 Å². The van der Waals surface area contributed by atoms with Crippen LogP contribution in [0.3, 0.4) is 0 Å². The second-order valence-corrected chi connectivity index (χ2v) is 9.49. The van der Waals surface area contributed by atoms with Crippen LogP contribution in [-0.2, 0) is 4.79 Å². The largest absolute Gasteiger partial charge is 0.481 e. The lowest BCUT2D eigenvalue weighted by atomic mass is 9.57. The van der Waals surface area contributed by atoms with Gasteiger partial charge in [0.15, 0.2) is 0 Å². The number of rotatable bonds is 19. The van der Waals surface area contributed by atoms with Gasteiger partial charge in [-0.05, 0) is 37.0 Å². The average molecular weight is 397 g/mol. The van der Waals surface area contributed by atoms with Gasteiger partial charge in [0.25, 0.3) is 0 Å². The van der Waals surface area contributed by atoms with Crippen LogP contribution in [0.15, 0.2) is 0 Å².